The first-order valence-electron chi connectivity index (χ1n) is 9.26. The Kier molecular flexibility index (Phi) is 6.48. The van der Waals surface area contributed by atoms with Gasteiger partial charge in [0.25, 0.3) is 0 Å². The Hall–Kier alpha value is -2.94. The Balaban J connectivity index is 1.92. The first-order valence-corrected chi connectivity index (χ1v) is 10.2. The molecule has 3 aromatic rings. The Morgan fingerprint density at radius 3 is 2.69 bits per heavy atom. The molecule has 0 aliphatic rings. The van der Waals surface area contributed by atoms with Crippen molar-refractivity contribution >= 4 is 34.5 Å². The van der Waals surface area contributed by atoms with Crippen LogP contribution in [0.25, 0.3) is 10.9 Å². The molecule has 0 aliphatic carbocycles. The van der Waals surface area contributed by atoms with Crippen molar-refractivity contribution in [1.29, 1.82) is 0 Å². The molecule has 1 aromatic carbocycles. The Morgan fingerprint density at radius 2 is 2.00 bits per heavy atom. The molecule has 2 aromatic heterocycles. The summed E-state index contributed by atoms with van der Waals surface area (Å²) >= 11 is 1.44. The van der Waals surface area contributed by atoms with Crippen molar-refractivity contribution in [1.82, 2.24) is 19.7 Å². The van der Waals surface area contributed by atoms with Crippen LogP contribution < -0.4 is 5.73 Å². The number of primary amides is 1. The molecule has 0 saturated heterocycles. The lowest BCUT2D eigenvalue weighted by molar-refractivity contribution is -0.118. The van der Waals surface area contributed by atoms with Gasteiger partial charge in [-0.2, -0.15) is 0 Å². The maximum absolute atomic E-state index is 12.4. The minimum atomic E-state index is -0.407. The summed E-state index contributed by atoms with van der Waals surface area (Å²) in [4.78, 5) is 28.2. The molecule has 0 saturated carbocycles. The molecule has 0 radical (unpaired) electrons. The number of pyridine rings is 1. The monoisotopic (exact) mass is 413 g/mol. The van der Waals surface area contributed by atoms with Gasteiger partial charge in [0.05, 0.1) is 23.9 Å². The molecular weight excluding hydrogens is 390 g/mol. The predicted molar refractivity (Wildman–Crippen MR) is 111 cm³/mol. The minimum absolute atomic E-state index is 0.223. The van der Waals surface area contributed by atoms with Crippen molar-refractivity contribution in [3.63, 3.8) is 0 Å². The van der Waals surface area contributed by atoms with Crippen LogP contribution in [0.5, 0.6) is 0 Å². The van der Waals surface area contributed by atoms with Gasteiger partial charge >= 0.3 is 5.97 Å². The average molecular weight is 414 g/mol. The molecule has 2 heterocycles. The third-order valence-corrected chi connectivity index (χ3v) is 5.64. The summed E-state index contributed by atoms with van der Waals surface area (Å²) in [5.74, 6) is 0.368. The zero-order chi connectivity index (χ0) is 21.0. The lowest BCUT2D eigenvalue weighted by Gasteiger charge is -2.13. The van der Waals surface area contributed by atoms with Crippen molar-refractivity contribution < 1.29 is 14.3 Å². The van der Waals surface area contributed by atoms with Gasteiger partial charge in [0.2, 0.25) is 5.91 Å². The van der Waals surface area contributed by atoms with Crippen molar-refractivity contribution in [2.75, 3.05) is 7.11 Å². The molecule has 152 valence electrons. The summed E-state index contributed by atoms with van der Waals surface area (Å²) in [5, 5.41) is 10.1. The van der Waals surface area contributed by atoms with Gasteiger partial charge in [-0.05, 0) is 25.5 Å². The fraction of sp³-hybridized carbons (Fsp3) is 0.350. The van der Waals surface area contributed by atoms with Crippen molar-refractivity contribution in [3.8, 4) is 0 Å². The number of fused-ring (bicyclic) bond motifs is 1. The number of amides is 1. The Labute approximate surface area is 172 Å². The van der Waals surface area contributed by atoms with Gasteiger partial charge in [-0.3, -0.25) is 9.78 Å². The summed E-state index contributed by atoms with van der Waals surface area (Å²) in [5.41, 5.74) is 8.03. The summed E-state index contributed by atoms with van der Waals surface area (Å²) in [6.45, 7) is 4.55. The highest BCUT2D eigenvalue weighted by Gasteiger charge is 2.21. The molecule has 1 amide bonds. The molecule has 0 atom stereocenters. The zero-order valence-corrected chi connectivity index (χ0v) is 17.5. The number of hydrogen-bond donors (Lipinski definition) is 1. The van der Waals surface area contributed by atoms with E-state index < -0.39 is 5.97 Å². The van der Waals surface area contributed by atoms with Crippen LogP contribution in [0.1, 0.15) is 40.8 Å². The number of hydrogen-bond acceptors (Lipinski definition) is 7. The van der Waals surface area contributed by atoms with E-state index in [0.717, 1.165) is 16.5 Å². The van der Waals surface area contributed by atoms with Gasteiger partial charge < -0.3 is 15.0 Å². The van der Waals surface area contributed by atoms with E-state index in [4.69, 9.17) is 15.5 Å². The van der Waals surface area contributed by atoms with E-state index >= 15 is 0 Å². The number of aryl methyl sites for hydroxylation is 2. The highest BCUT2D eigenvalue weighted by atomic mass is 32.2. The van der Waals surface area contributed by atoms with Gasteiger partial charge in [0.15, 0.2) is 5.16 Å². The van der Waals surface area contributed by atoms with E-state index in [1.807, 2.05) is 42.7 Å². The highest BCUT2D eigenvalue weighted by molar-refractivity contribution is 7.98. The number of para-hydroxylation sites is 1. The van der Waals surface area contributed by atoms with Crippen LogP contribution in [0, 0.1) is 6.92 Å². The normalized spacial score (nSPS) is 11.0. The summed E-state index contributed by atoms with van der Waals surface area (Å²) < 4.78 is 6.94. The number of thioether (sulfide) groups is 1. The van der Waals surface area contributed by atoms with Crippen LogP contribution in [-0.4, -0.2) is 38.7 Å². The first kappa shape index (κ1) is 20.8. The number of benzene rings is 1. The second-order valence-corrected chi connectivity index (χ2v) is 7.41. The van der Waals surface area contributed by atoms with Gasteiger partial charge in [0.1, 0.15) is 5.82 Å². The lowest BCUT2D eigenvalue weighted by Crippen LogP contribution is -2.13. The van der Waals surface area contributed by atoms with Crippen molar-refractivity contribution in [3.05, 3.63) is 46.9 Å². The standard InChI is InChI=1S/C20H23N5O3S/c1-4-25-17(10-9-16(21)26)23-24-20(25)29-11-15-18(19(27)28-3)12(2)13-7-5-6-8-14(13)22-15/h5-8H,4,9-11H2,1-3H3,(H2,21,26). The Bertz CT molecular complexity index is 1060. The van der Waals surface area contributed by atoms with Gasteiger partial charge in [-0.25, -0.2) is 4.79 Å². The molecule has 0 fully saturated rings. The van der Waals surface area contributed by atoms with Crippen LogP contribution >= 0.6 is 11.8 Å². The van der Waals surface area contributed by atoms with Gasteiger partial charge in [-0.1, -0.05) is 30.0 Å². The van der Waals surface area contributed by atoms with Crippen LogP contribution in [0.4, 0.5) is 0 Å². The van der Waals surface area contributed by atoms with Crippen LogP contribution in [0.15, 0.2) is 29.4 Å². The lowest BCUT2D eigenvalue weighted by atomic mass is 10.0. The molecule has 3 rings (SSSR count). The van der Waals surface area contributed by atoms with Crippen LogP contribution in [0.3, 0.4) is 0 Å². The number of carbonyl (C=O) groups is 2. The molecule has 0 unspecified atom stereocenters. The smallest absolute Gasteiger partial charge is 0.340 e. The number of methoxy groups -OCH3 is 1. The molecule has 0 bridgehead atoms. The molecule has 2 N–H and O–H groups in total. The number of nitrogens with two attached hydrogens (primary N) is 1. The quantitative estimate of drug-likeness (QED) is 0.446. The third-order valence-electron chi connectivity index (χ3n) is 4.66. The van der Waals surface area contributed by atoms with E-state index in [9.17, 15) is 9.59 Å². The molecule has 0 spiro atoms. The summed E-state index contributed by atoms with van der Waals surface area (Å²) in [6.07, 6.45) is 0.665. The topological polar surface area (TPSA) is 113 Å². The van der Waals surface area contributed by atoms with E-state index in [-0.39, 0.29) is 12.3 Å². The van der Waals surface area contributed by atoms with E-state index in [2.05, 4.69) is 10.2 Å². The van der Waals surface area contributed by atoms with E-state index in [1.165, 1.54) is 18.9 Å². The maximum atomic E-state index is 12.4. The van der Waals surface area contributed by atoms with E-state index in [1.54, 1.807) is 0 Å². The number of aromatic nitrogens is 4. The Morgan fingerprint density at radius 1 is 1.24 bits per heavy atom. The fourth-order valence-corrected chi connectivity index (χ4v) is 4.18. The number of ether oxygens (including phenoxy) is 1. The maximum Gasteiger partial charge on any atom is 0.340 e. The number of nitrogens with zero attached hydrogens (tertiary/aromatic N) is 4. The summed E-state index contributed by atoms with van der Waals surface area (Å²) in [7, 11) is 1.37. The fourth-order valence-electron chi connectivity index (χ4n) is 3.21. The van der Waals surface area contributed by atoms with Crippen molar-refractivity contribution in [2.45, 2.75) is 44.1 Å². The molecule has 8 nitrogen and oxygen atoms in total. The molecule has 9 heteroatoms. The second kappa shape index (κ2) is 9.04. The van der Waals surface area contributed by atoms with Crippen LogP contribution in [-0.2, 0) is 28.2 Å². The van der Waals surface area contributed by atoms with Crippen molar-refractivity contribution in [2.24, 2.45) is 5.73 Å². The van der Waals surface area contributed by atoms with Crippen LogP contribution in [0.2, 0.25) is 0 Å². The van der Waals surface area contributed by atoms with E-state index in [0.29, 0.717) is 41.0 Å². The van der Waals surface area contributed by atoms with Gasteiger partial charge in [0, 0.05) is 30.5 Å². The largest absolute Gasteiger partial charge is 0.465 e. The third kappa shape index (κ3) is 4.40. The molecule has 0 aliphatic heterocycles. The zero-order valence-electron chi connectivity index (χ0n) is 16.6. The highest BCUT2D eigenvalue weighted by Crippen LogP contribution is 2.28. The number of rotatable bonds is 8. The number of esters is 1. The predicted octanol–water partition coefficient (Wildman–Crippen LogP) is 2.65. The number of carbonyl (C=O) groups excluding carboxylic acids is 2. The average Bonchev–Trinajstić information content (AvgIpc) is 3.12. The second-order valence-electron chi connectivity index (χ2n) is 6.47. The molecular formula is C20H23N5O3S. The molecule has 29 heavy (non-hydrogen) atoms. The summed E-state index contributed by atoms with van der Waals surface area (Å²) in [6, 6.07) is 7.71. The van der Waals surface area contributed by atoms with Gasteiger partial charge in [-0.15, -0.1) is 10.2 Å². The minimum Gasteiger partial charge on any atom is -0.465 e. The SMILES string of the molecule is CCn1c(CCC(N)=O)nnc1SCc1nc2ccccc2c(C)c1C(=O)OC. The first-order chi connectivity index (χ1) is 14.0.